The first-order chi connectivity index (χ1) is 29.0. The molecule has 0 saturated heterocycles. The van der Waals surface area contributed by atoms with Crippen LogP contribution >= 0.6 is 0 Å². The summed E-state index contributed by atoms with van der Waals surface area (Å²) in [6, 6.07) is 27.8. The Kier molecular flexibility index (Phi) is 28.9. The van der Waals surface area contributed by atoms with E-state index in [-0.39, 0.29) is 47.5 Å². The van der Waals surface area contributed by atoms with E-state index in [1.165, 1.54) is 115 Å². The van der Waals surface area contributed by atoms with Crippen LogP contribution in [0, 0.1) is 0 Å². The van der Waals surface area contributed by atoms with Crippen LogP contribution in [-0.2, 0) is 33.1 Å². The average molecular weight is 903 g/mol. The molecule has 0 radical (unpaired) electrons. The molecule has 4 aromatic carbocycles. The molecular weight excluding hydrogens is 833 g/mol. The first kappa shape index (κ1) is 54.7. The Morgan fingerprint density at radius 3 is 0.934 bits per heavy atom. The Balaban J connectivity index is 0.000000413. The van der Waals surface area contributed by atoms with E-state index in [2.05, 4.69) is 13.8 Å². The van der Waals surface area contributed by atoms with E-state index < -0.39 is 20.2 Å². The van der Waals surface area contributed by atoms with Crippen LogP contribution in [0.5, 0.6) is 23.0 Å². The third-order valence-corrected chi connectivity index (χ3v) is 12.6. The van der Waals surface area contributed by atoms with Gasteiger partial charge in [0.05, 0.1) is 9.79 Å². The zero-order valence-electron chi connectivity index (χ0n) is 37.0. The largest absolute Gasteiger partial charge is 2.00 e. The predicted molar refractivity (Wildman–Crippen MR) is 248 cm³/mol. The molecule has 61 heavy (non-hydrogen) atoms. The smallest absolute Gasteiger partial charge is 0.744 e. The van der Waals surface area contributed by atoms with Gasteiger partial charge < -0.3 is 18.6 Å². The first-order valence-corrected chi connectivity index (χ1v) is 25.5. The zero-order chi connectivity index (χ0) is 43.3. The van der Waals surface area contributed by atoms with E-state index in [0.29, 0.717) is 47.0 Å². The minimum atomic E-state index is -4.54. The number of unbranched alkanes of at least 4 members (excludes halogenated alkanes) is 20. The van der Waals surface area contributed by atoms with Gasteiger partial charge in [0.1, 0.15) is 43.2 Å². The standard InChI is InChI=1S/2C25H36O4S.Ca/c2*1-2-3-4-5-6-7-8-9-10-11-15-19-23-24(29-22-17-13-12-14-18-22)20-16-21-25(23)30(26,27)28;/h2*12-14,16-18,20-21H,2-11,15,19H2,1H3,(H,26,27,28);/q;;+2/p-2. The minimum Gasteiger partial charge on any atom is -0.744 e. The minimum absolute atomic E-state index is 0. The Morgan fingerprint density at radius 1 is 0.377 bits per heavy atom. The fourth-order valence-electron chi connectivity index (χ4n) is 7.41. The van der Waals surface area contributed by atoms with Gasteiger partial charge >= 0.3 is 37.7 Å². The van der Waals surface area contributed by atoms with Crippen molar-refractivity contribution in [3.05, 3.63) is 108 Å². The van der Waals surface area contributed by atoms with Crippen molar-refractivity contribution < 1.29 is 35.4 Å². The third kappa shape index (κ3) is 23.2. The Morgan fingerprint density at radius 2 is 0.656 bits per heavy atom. The van der Waals surface area contributed by atoms with Crippen LogP contribution in [0.4, 0.5) is 0 Å². The van der Waals surface area contributed by atoms with E-state index in [4.69, 9.17) is 9.47 Å². The second-order valence-corrected chi connectivity index (χ2v) is 18.5. The Hall–Kier alpha value is -2.44. The summed E-state index contributed by atoms with van der Waals surface area (Å²) >= 11 is 0. The van der Waals surface area contributed by atoms with E-state index in [1.54, 1.807) is 24.3 Å². The molecule has 0 unspecified atom stereocenters. The van der Waals surface area contributed by atoms with Crippen molar-refractivity contribution in [3.63, 3.8) is 0 Å². The maximum atomic E-state index is 11.7. The van der Waals surface area contributed by atoms with Gasteiger partial charge in [-0.1, -0.05) is 191 Å². The molecule has 0 heterocycles. The number of para-hydroxylation sites is 2. The average Bonchev–Trinajstić information content (AvgIpc) is 3.23. The fraction of sp³-hybridized carbons (Fsp3) is 0.520. The molecule has 8 nitrogen and oxygen atoms in total. The molecule has 0 N–H and O–H groups in total. The second-order valence-electron chi connectivity index (χ2n) is 15.8. The van der Waals surface area contributed by atoms with Gasteiger partial charge in [0, 0.05) is 11.1 Å². The molecule has 11 heteroatoms. The summed E-state index contributed by atoms with van der Waals surface area (Å²) < 4.78 is 82.3. The van der Waals surface area contributed by atoms with E-state index in [1.807, 2.05) is 60.7 Å². The van der Waals surface area contributed by atoms with E-state index >= 15 is 0 Å². The monoisotopic (exact) mass is 902 g/mol. The summed E-state index contributed by atoms with van der Waals surface area (Å²) in [5.41, 5.74) is 0.986. The van der Waals surface area contributed by atoms with Crippen molar-refractivity contribution in [2.45, 2.75) is 178 Å². The van der Waals surface area contributed by atoms with Gasteiger partial charge in [0.15, 0.2) is 0 Å². The molecule has 4 aromatic rings. The molecule has 4 rings (SSSR count). The number of hydrogen-bond donors (Lipinski definition) is 0. The summed E-state index contributed by atoms with van der Waals surface area (Å²) in [6.07, 6.45) is 27.9. The van der Waals surface area contributed by atoms with Crippen LogP contribution in [0.1, 0.15) is 166 Å². The summed E-state index contributed by atoms with van der Waals surface area (Å²) in [5, 5.41) is 0. The molecule has 0 atom stereocenters. The number of hydrogen-bond acceptors (Lipinski definition) is 8. The van der Waals surface area contributed by atoms with Crippen molar-refractivity contribution in [2.24, 2.45) is 0 Å². The second kappa shape index (κ2) is 32.3. The maximum Gasteiger partial charge on any atom is 2.00 e. The molecule has 0 saturated carbocycles. The van der Waals surface area contributed by atoms with Crippen molar-refractivity contribution in [1.82, 2.24) is 0 Å². The predicted octanol–water partition coefficient (Wildman–Crippen LogP) is 14.1. The van der Waals surface area contributed by atoms with Crippen LogP contribution in [0.2, 0.25) is 0 Å². The number of ether oxygens (including phenoxy) is 2. The van der Waals surface area contributed by atoms with E-state index in [0.717, 1.165) is 38.5 Å². The maximum absolute atomic E-state index is 11.7. The molecule has 0 fully saturated rings. The van der Waals surface area contributed by atoms with Crippen molar-refractivity contribution in [1.29, 1.82) is 0 Å². The topological polar surface area (TPSA) is 133 Å². The summed E-state index contributed by atoms with van der Waals surface area (Å²) in [5.74, 6) is 2.15. The number of rotatable bonds is 30. The molecule has 0 bridgehead atoms. The van der Waals surface area contributed by atoms with Gasteiger partial charge in [-0.15, -0.1) is 0 Å². The summed E-state index contributed by atoms with van der Waals surface area (Å²) in [7, 11) is -9.09. The van der Waals surface area contributed by atoms with Gasteiger partial charge in [-0.05, 0) is 74.2 Å². The van der Waals surface area contributed by atoms with Gasteiger partial charge in [-0.3, -0.25) is 0 Å². The van der Waals surface area contributed by atoms with E-state index in [9.17, 15) is 25.9 Å². The van der Waals surface area contributed by atoms with Crippen LogP contribution < -0.4 is 9.47 Å². The molecule has 0 aliphatic rings. The number of benzene rings is 4. The normalized spacial score (nSPS) is 11.3. The first-order valence-electron chi connectivity index (χ1n) is 22.7. The van der Waals surface area contributed by atoms with Crippen LogP contribution in [0.15, 0.2) is 107 Å². The molecule has 0 aromatic heterocycles. The molecule has 0 spiro atoms. The van der Waals surface area contributed by atoms with Gasteiger partial charge in [-0.25, -0.2) is 16.8 Å². The van der Waals surface area contributed by atoms with Gasteiger partial charge in [0.25, 0.3) is 0 Å². The third-order valence-electron chi connectivity index (χ3n) is 10.7. The van der Waals surface area contributed by atoms with Gasteiger partial charge in [-0.2, -0.15) is 0 Å². The SMILES string of the molecule is CCCCCCCCCCCCCc1c(Oc2ccccc2)cccc1S(=O)(=O)[O-].CCCCCCCCCCCCCc1c(Oc2ccccc2)cccc1S(=O)(=O)[O-].[Ca+2]. The zero-order valence-corrected chi connectivity index (χ0v) is 40.8. The molecule has 0 aliphatic heterocycles. The Bertz CT molecular complexity index is 1810. The Labute approximate surface area is 399 Å². The summed E-state index contributed by atoms with van der Waals surface area (Å²) in [6.45, 7) is 4.48. The fourth-order valence-corrected chi connectivity index (χ4v) is 8.91. The molecule has 332 valence electrons. The van der Waals surface area contributed by atoms with Crippen molar-refractivity contribution >= 4 is 58.0 Å². The molecule has 0 aliphatic carbocycles. The summed E-state index contributed by atoms with van der Waals surface area (Å²) in [4.78, 5) is -0.328. The molecular formula is C50H70CaO8S2. The van der Waals surface area contributed by atoms with Crippen molar-refractivity contribution in [3.8, 4) is 23.0 Å². The van der Waals surface area contributed by atoms with Crippen molar-refractivity contribution in [2.75, 3.05) is 0 Å². The van der Waals surface area contributed by atoms with Gasteiger partial charge in [0.2, 0.25) is 0 Å². The quantitative estimate of drug-likeness (QED) is 0.0287. The van der Waals surface area contributed by atoms with Crippen LogP contribution in [0.3, 0.4) is 0 Å². The molecule has 0 amide bonds. The van der Waals surface area contributed by atoms with Crippen LogP contribution in [0.25, 0.3) is 0 Å². The van der Waals surface area contributed by atoms with Crippen LogP contribution in [-0.4, -0.2) is 63.7 Å².